The van der Waals surface area contributed by atoms with Crippen molar-refractivity contribution < 1.29 is 23.8 Å². The Hall–Kier alpha value is -2.15. The molecule has 7 heteroatoms. The third kappa shape index (κ3) is 5.66. The highest BCUT2D eigenvalue weighted by atomic mass is 19.1. The molecule has 0 saturated heterocycles. The molecule has 1 atom stereocenters. The number of carbonyl (C=O) groups excluding carboxylic acids is 1. The Kier molecular flexibility index (Phi) is 6.45. The lowest BCUT2D eigenvalue weighted by Crippen LogP contribution is -2.40. The zero-order chi connectivity index (χ0) is 15.0. The number of ether oxygens (including phenoxy) is 1. The van der Waals surface area contributed by atoms with Gasteiger partial charge >= 0.3 is 12.0 Å². The number of methoxy groups -OCH3 is 1. The number of carboxylic acid groups (broad SMARTS) is 1. The van der Waals surface area contributed by atoms with E-state index in [0.717, 1.165) is 0 Å². The van der Waals surface area contributed by atoms with Crippen LogP contribution < -0.4 is 10.6 Å². The highest BCUT2D eigenvalue weighted by molar-refractivity contribution is 5.74. The van der Waals surface area contributed by atoms with Crippen molar-refractivity contribution in [3.8, 4) is 0 Å². The number of carbonyl (C=O) groups is 2. The van der Waals surface area contributed by atoms with Crippen LogP contribution >= 0.6 is 0 Å². The lowest BCUT2D eigenvalue weighted by molar-refractivity contribution is -0.139. The molecule has 0 aliphatic heterocycles. The number of halogens is 1. The van der Waals surface area contributed by atoms with Crippen molar-refractivity contribution in [1.82, 2.24) is 10.6 Å². The highest BCUT2D eigenvalue weighted by Crippen LogP contribution is 2.05. The quantitative estimate of drug-likeness (QED) is 0.700. The Bertz CT molecular complexity index is 467. The van der Waals surface area contributed by atoms with E-state index in [4.69, 9.17) is 9.84 Å². The predicted octanol–water partition coefficient (Wildman–Crippen LogP) is 1.11. The molecule has 0 bridgehead atoms. The molecule has 2 amide bonds. The Morgan fingerprint density at radius 3 is 2.65 bits per heavy atom. The molecule has 0 aromatic heterocycles. The number of hydrogen-bond donors (Lipinski definition) is 3. The smallest absolute Gasteiger partial charge is 0.315 e. The van der Waals surface area contributed by atoms with Gasteiger partial charge in [-0.15, -0.1) is 0 Å². The molecular weight excluding hydrogens is 267 g/mol. The molecule has 0 aliphatic rings. The van der Waals surface area contributed by atoms with Crippen LogP contribution in [-0.4, -0.2) is 36.9 Å². The molecule has 6 nitrogen and oxygen atoms in total. The summed E-state index contributed by atoms with van der Waals surface area (Å²) in [6.07, 6.45) is -0.809. The van der Waals surface area contributed by atoms with Crippen molar-refractivity contribution in [2.75, 3.05) is 13.7 Å². The number of aliphatic carboxylic acids is 1. The van der Waals surface area contributed by atoms with Crippen LogP contribution in [0.1, 0.15) is 12.0 Å². The normalized spacial score (nSPS) is 11.7. The fourth-order valence-electron chi connectivity index (χ4n) is 1.52. The van der Waals surface area contributed by atoms with E-state index in [2.05, 4.69) is 10.6 Å². The second kappa shape index (κ2) is 8.11. The van der Waals surface area contributed by atoms with E-state index in [-0.39, 0.29) is 19.5 Å². The van der Waals surface area contributed by atoms with Crippen LogP contribution in [0.25, 0.3) is 0 Å². The number of benzene rings is 1. The van der Waals surface area contributed by atoms with Crippen LogP contribution in [0.5, 0.6) is 0 Å². The predicted molar refractivity (Wildman–Crippen MR) is 69.7 cm³/mol. The largest absolute Gasteiger partial charge is 0.481 e. The first-order valence-electron chi connectivity index (χ1n) is 6.02. The van der Waals surface area contributed by atoms with Crippen LogP contribution in [-0.2, 0) is 16.1 Å². The van der Waals surface area contributed by atoms with Gasteiger partial charge in [-0.3, -0.25) is 4.79 Å². The SMILES string of the molecule is COC(CNC(=O)NCc1ccccc1F)CC(=O)O. The fraction of sp³-hybridized carbons (Fsp3) is 0.385. The third-order valence-corrected chi connectivity index (χ3v) is 2.62. The van der Waals surface area contributed by atoms with E-state index in [9.17, 15) is 14.0 Å². The molecule has 0 heterocycles. The number of carboxylic acids is 1. The van der Waals surface area contributed by atoms with E-state index in [1.54, 1.807) is 18.2 Å². The van der Waals surface area contributed by atoms with Gasteiger partial charge in [-0.2, -0.15) is 0 Å². The standard InChI is InChI=1S/C13H17FN2O4/c1-20-10(6-12(17)18)8-16-13(19)15-7-9-4-2-3-5-11(9)14/h2-5,10H,6-8H2,1H3,(H,17,18)(H2,15,16,19). The maximum Gasteiger partial charge on any atom is 0.315 e. The summed E-state index contributed by atoms with van der Waals surface area (Å²) in [5.74, 6) is -1.40. The minimum atomic E-state index is -1.01. The molecule has 0 radical (unpaired) electrons. The van der Waals surface area contributed by atoms with Crippen molar-refractivity contribution in [3.63, 3.8) is 0 Å². The summed E-state index contributed by atoms with van der Waals surface area (Å²) in [6.45, 7) is 0.112. The maximum absolute atomic E-state index is 13.3. The maximum atomic E-state index is 13.3. The van der Waals surface area contributed by atoms with Gasteiger partial charge in [-0.05, 0) is 6.07 Å². The lowest BCUT2D eigenvalue weighted by Gasteiger charge is -2.14. The van der Waals surface area contributed by atoms with E-state index < -0.39 is 23.9 Å². The van der Waals surface area contributed by atoms with Crippen LogP contribution in [0.15, 0.2) is 24.3 Å². The number of urea groups is 1. The van der Waals surface area contributed by atoms with Crippen molar-refractivity contribution in [3.05, 3.63) is 35.6 Å². The van der Waals surface area contributed by atoms with Gasteiger partial charge in [-0.25, -0.2) is 9.18 Å². The van der Waals surface area contributed by atoms with Gasteiger partial charge < -0.3 is 20.5 Å². The first-order valence-corrected chi connectivity index (χ1v) is 6.02. The van der Waals surface area contributed by atoms with Gasteiger partial charge in [0, 0.05) is 25.8 Å². The Morgan fingerprint density at radius 2 is 2.05 bits per heavy atom. The van der Waals surface area contributed by atoms with E-state index in [1.165, 1.54) is 13.2 Å². The minimum Gasteiger partial charge on any atom is -0.481 e. The van der Waals surface area contributed by atoms with Gasteiger partial charge in [0.2, 0.25) is 0 Å². The van der Waals surface area contributed by atoms with Gasteiger partial charge in [0.15, 0.2) is 0 Å². The molecule has 0 spiro atoms. The summed E-state index contributed by atoms with van der Waals surface area (Å²) in [6, 6.07) is 5.60. The number of hydrogen-bond acceptors (Lipinski definition) is 3. The third-order valence-electron chi connectivity index (χ3n) is 2.62. The Labute approximate surface area is 115 Å². The summed E-state index contributed by atoms with van der Waals surface area (Å²) in [5.41, 5.74) is 0.372. The summed E-state index contributed by atoms with van der Waals surface area (Å²) in [4.78, 5) is 22.0. The zero-order valence-electron chi connectivity index (χ0n) is 11.1. The van der Waals surface area contributed by atoms with Crippen LogP contribution in [0.4, 0.5) is 9.18 Å². The summed E-state index contributed by atoms with van der Waals surface area (Å²) < 4.78 is 18.2. The second-order valence-electron chi connectivity index (χ2n) is 4.11. The molecule has 0 aliphatic carbocycles. The number of amides is 2. The van der Waals surface area contributed by atoms with Crippen molar-refractivity contribution in [2.24, 2.45) is 0 Å². The lowest BCUT2D eigenvalue weighted by atomic mass is 10.2. The van der Waals surface area contributed by atoms with Crippen molar-refractivity contribution >= 4 is 12.0 Å². The molecule has 0 saturated carbocycles. The molecule has 1 aromatic rings. The minimum absolute atomic E-state index is 0.0507. The molecule has 20 heavy (non-hydrogen) atoms. The fourth-order valence-corrected chi connectivity index (χ4v) is 1.52. The van der Waals surface area contributed by atoms with Crippen LogP contribution in [0, 0.1) is 5.82 Å². The molecular formula is C13H17FN2O4. The molecule has 1 unspecified atom stereocenters. The Balaban J connectivity index is 2.33. The molecule has 110 valence electrons. The zero-order valence-corrected chi connectivity index (χ0v) is 11.1. The van der Waals surface area contributed by atoms with Gasteiger partial charge in [0.05, 0.1) is 12.5 Å². The molecule has 1 aromatic carbocycles. The van der Waals surface area contributed by atoms with Crippen LogP contribution in [0.3, 0.4) is 0 Å². The van der Waals surface area contributed by atoms with E-state index in [1.807, 2.05) is 0 Å². The number of nitrogens with one attached hydrogen (secondary N) is 2. The summed E-state index contributed by atoms with van der Waals surface area (Å²) in [5, 5.41) is 13.6. The van der Waals surface area contributed by atoms with Gasteiger partial charge in [0.1, 0.15) is 5.82 Å². The highest BCUT2D eigenvalue weighted by Gasteiger charge is 2.13. The summed E-state index contributed by atoms with van der Waals surface area (Å²) >= 11 is 0. The topological polar surface area (TPSA) is 87.7 Å². The molecule has 3 N–H and O–H groups in total. The van der Waals surface area contributed by atoms with Crippen LogP contribution in [0.2, 0.25) is 0 Å². The van der Waals surface area contributed by atoms with Gasteiger partial charge in [0.25, 0.3) is 0 Å². The molecule has 1 rings (SSSR count). The van der Waals surface area contributed by atoms with E-state index >= 15 is 0 Å². The molecule has 0 fully saturated rings. The number of rotatable bonds is 7. The average molecular weight is 284 g/mol. The van der Waals surface area contributed by atoms with Gasteiger partial charge in [-0.1, -0.05) is 18.2 Å². The second-order valence-corrected chi connectivity index (χ2v) is 4.11. The average Bonchev–Trinajstić information content (AvgIpc) is 2.42. The van der Waals surface area contributed by atoms with E-state index in [0.29, 0.717) is 5.56 Å². The Morgan fingerprint density at radius 1 is 1.35 bits per heavy atom. The first-order chi connectivity index (χ1) is 9.52. The van der Waals surface area contributed by atoms with Crippen molar-refractivity contribution in [1.29, 1.82) is 0 Å². The monoisotopic (exact) mass is 284 g/mol. The summed E-state index contributed by atoms with van der Waals surface area (Å²) in [7, 11) is 1.37. The first kappa shape index (κ1) is 15.9. The van der Waals surface area contributed by atoms with Crippen molar-refractivity contribution in [2.45, 2.75) is 19.1 Å².